The normalized spacial score (nSPS) is 10.4. The standard InChI is InChI=1S/C15H18FN3O3/c1-18(2)11-6-15(20)19(17-8-11)9-10-5-13(21-3)14(22-4)7-12(10)16/h5-8H,9H2,1-4H3. The number of anilines is 1. The highest BCUT2D eigenvalue weighted by Crippen LogP contribution is 2.29. The van der Waals surface area contributed by atoms with Crippen molar-refractivity contribution in [2.45, 2.75) is 6.54 Å². The minimum absolute atomic E-state index is 0.0126. The Kier molecular flexibility index (Phi) is 4.65. The molecule has 22 heavy (non-hydrogen) atoms. The number of nitrogens with zero attached hydrogens (tertiary/aromatic N) is 3. The van der Waals surface area contributed by atoms with E-state index in [4.69, 9.17) is 9.47 Å². The lowest BCUT2D eigenvalue weighted by Gasteiger charge is -2.14. The molecule has 0 atom stereocenters. The summed E-state index contributed by atoms with van der Waals surface area (Å²) in [5, 5.41) is 4.06. The van der Waals surface area contributed by atoms with E-state index in [1.54, 1.807) is 11.1 Å². The zero-order valence-electron chi connectivity index (χ0n) is 13.0. The Morgan fingerprint density at radius 1 is 1.18 bits per heavy atom. The number of benzene rings is 1. The quantitative estimate of drug-likeness (QED) is 0.838. The molecule has 0 saturated heterocycles. The van der Waals surface area contributed by atoms with Crippen molar-refractivity contribution in [2.75, 3.05) is 33.2 Å². The Labute approximate surface area is 127 Å². The fraction of sp³-hybridized carbons (Fsp3) is 0.333. The Balaban J connectivity index is 2.37. The summed E-state index contributed by atoms with van der Waals surface area (Å²) in [6, 6.07) is 4.18. The van der Waals surface area contributed by atoms with E-state index in [-0.39, 0.29) is 12.1 Å². The van der Waals surface area contributed by atoms with Crippen LogP contribution in [0.5, 0.6) is 11.5 Å². The number of rotatable bonds is 5. The van der Waals surface area contributed by atoms with E-state index in [9.17, 15) is 9.18 Å². The van der Waals surface area contributed by atoms with Gasteiger partial charge in [0.15, 0.2) is 11.5 Å². The molecule has 0 fully saturated rings. The lowest BCUT2D eigenvalue weighted by atomic mass is 10.2. The minimum Gasteiger partial charge on any atom is -0.493 e. The van der Waals surface area contributed by atoms with E-state index in [2.05, 4.69) is 5.10 Å². The van der Waals surface area contributed by atoms with Crippen LogP contribution in [-0.2, 0) is 6.54 Å². The Morgan fingerprint density at radius 2 is 1.82 bits per heavy atom. The van der Waals surface area contributed by atoms with Crippen molar-refractivity contribution in [3.8, 4) is 11.5 Å². The van der Waals surface area contributed by atoms with Crippen molar-refractivity contribution in [3.63, 3.8) is 0 Å². The van der Waals surface area contributed by atoms with Gasteiger partial charge in [-0.1, -0.05) is 0 Å². The Bertz CT molecular complexity index is 728. The molecule has 1 aromatic carbocycles. The molecule has 1 aromatic heterocycles. The summed E-state index contributed by atoms with van der Waals surface area (Å²) in [6.07, 6.45) is 1.56. The Hall–Kier alpha value is -2.57. The van der Waals surface area contributed by atoms with Crippen LogP contribution in [0.15, 0.2) is 29.2 Å². The Morgan fingerprint density at radius 3 is 2.36 bits per heavy atom. The molecule has 0 aliphatic heterocycles. The molecule has 0 unspecified atom stereocenters. The lowest BCUT2D eigenvalue weighted by molar-refractivity contribution is 0.351. The van der Waals surface area contributed by atoms with Crippen LogP contribution in [0, 0.1) is 5.82 Å². The van der Waals surface area contributed by atoms with E-state index in [1.165, 1.54) is 37.1 Å². The predicted octanol–water partition coefficient (Wildman–Crippen LogP) is 1.51. The number of halogens is 1. The van der Waals surface area contributed by atoms with Crippen LogP contribution in [0.2, 0.25) is 0 Å². The van der Waals surface area contributed by atoms with E-state index in [0.717, 1.165) is 0 Å². The summed E-state index contributed by atoms with van der Waals surface area (Å²) in [7, 11) is 6.53. The van der Waals surface area contributed by atoms with Crippen molar-refractivity contribution >= 4 is 5.69 Å². The third kappa shape index (κ3) is 3.19. The summed E-state index contributed by atoms with van der Waals surface area (Å²) in [6.45, 7) is 0.0126. The zero-order chi connectivity index (χ0) is 16.3. The molecular weight excluding hydrogens is 289 g/mol. The monoisotopic (exact) mass is 307 g/mol. The van der Waals surface area contributed by atoms with Crippen LogP contribution in [0.25, 0.3) is 0 Å². The molecule has 6 nitrogen and oxygen atoms in total. The fourth-order valence-electron chi connectivity index (χ4n) is 1.97. The van der Waals surface area contributed by atoms with Crippen LogP contribution in [0.3, 0.4) is 0 Å². The lowest BCUT2D eigenvalue weighted by Crippen LogP contribution is -2.25. The summed E-state index contributed by atoms with van der Waals surface area (Å²) in [5.41, 5.74) is 0.680. The summed E-state index contributed by atoms with van der Waals surface area (Å²) < 4.78 is 25.5. The molecule has 0 bridgehead atoms. The molecule has 0 aliphatic rings. The van der Waals surface area contributed by atoms with Crippen molar-refractivity contribution in [2.24, 2.45) is 0 Å². The maximum Gasteiger partial charge on any atom is 0.269 e. The van der Waals surface area contributed by atoms with Crippen molar-refractivity contribution in [3.05, 3.63) is 46.1 Å². The second-order valence-corrected chi connectivity index (χ2v) is 4.90. The van der Waals surface area contributed by atoms with Gasteiger partial charge in [-0.15, -0.1) is 0 Å². The highest BCUT2D eigenvalue weighted by Gasteiger charge is 2.12. The first-order chi connectivity index (χ1) is 10.5. The number of methoxy groups -OCH3 is 2. The second-order valence-electron chi connectivity index (χ2n) is 4.90. The molecule has 0 saturated carbocycles. The van der Waals surface area contributed by atoms with Crippen LogP contribution in [0.1, 0.15) is 5.56 Å². The van der Waals surface area contributed by atoms with Gasteiger partial charge in [0.1, 0.15) is 5.82 Å². The van der Waals surface area contributed by atoms with Gasteiger partial charge >= 0.3 is 0 Å². The highest BCUT2D eigenvalue weighted by molar-refractivity contribution is 5.44. The van der Waals surface area contributed by atoms with Gasteiger partial charge in [-0.2, -0.15) is 5.10 Å². The molecule has 118 valence electrons. The van der Waals surface area contributed by atoms with Gasteiger partial charge in [0.2, 0.25) is 0 Å². The van der Waals surface area contributed by atoms with Gasteiger partial charge in [-0.25, -0.2) is 9.07 Å². The molecular formula is C15H18FN3O3. The van der Waals surface area contributed by atoms with Gasteiger partial charge in [0.25, 0.3) is 5.56 Å². The highest BCUT2D eigenvalue weighted by atomic mass is 19.1. The van der Waals surface area contributed by atoms with Crippen molar-refractivity contribution in [1.82, 2.24) is 9.78 Å². The summed E-state index contributed by atoms with van der Waals surface area (Å²) in [5.74, 6) is 0.215. The first kappa shape index (κ1) is 15.8. The largest absolute Gasteiger partial charge is 0.493 e. The first-order valence-corrected chi connectivity index (χ1v) is 6.61. The van der Waals surface area contributed by atoms with Gasteiger partial charge in [0, 0.05) is 31.8 Å². The molecule has 2 aromatic rings. The van der Waals surface area contributed by atoms with E-state index >= 15 is 0 Å². The number of aromatic nitrogens is 2. The minimum atomic E-state index is -0.483. The number of hydrogen-bond acceptors (Lipinski definition) is 5. The molecule has 0 amide bonds. The van der Waals surface area contributed by atoms with Gasteiger partial charge in [0.05, 0.1) is 32.6 Å². The van der Waals surface area contributed by atoms with Crippen LogP contribution in [-0.4, -0.2) is 38.1 Å². The van der Waals surface area contributed by atoms with Crippen LogP contribution in [0.4, 0.5) is 10.1 Å². The van der Waals surface area contributed by atoms with Crippen molar-refractivity contribution in [1.29, 1.82) is 0 Å². The maximum absolute atomic E-state index is 14.1. The predicted molar refractivity (Wildman–Crippen MR) is 81.4 cm³/mol. The van der Waals surface area contributed by atoms with Crippen LogP contribution >= 0.6 is 0 Å². The van der Waals surface area contributed by atoms with E-state index < -0.39 is 5.82 Å². The first-order valence-electron chi connectivity index (χ1n) is 6.61. The molecule has 2 rings (SSSR count). The third-order valence-electron chi connectivity index (χ3n) is 3.24. The average molecular weight is 307 g/mol. The van der Waals surface area contributed by atoms with E-state index in [1.807, 2.05) is 14.1 Å². The number of hydrogen-bond donors (Lipinski definition) is 0. The third-order valence-corrected chi connectivity index (χ3v) is 3.24. The molecule has 7 heteroatoms. The van der Waals surface area contributed by atoms with Crippen molar-refractivity contribution < 1.29 is 13.9 Å². The molecule has 0 spiro atoms. The molecule has 0 N–H and O–H groups in total. The smallest absolute Gasteiger partial charge is 0.269 e. The fourth-order valence-corrected chi connectivity index (χ4v) is 1.97. The SMILES string of the molecule is COc1cc(F)c(Cn2ncc(N(C)C)cc2=O)cc1OC. The summed E-state index contributed by atoms with van der Waals surface area (Å²) >= 11 is 0. The molecule has 1 heterocycles. The second kappa shape index (κ2) is 6.46. The average Bonchev–Trinajstić information content (AvgIpc) is 2.50. The maximum atomic E-state index is 14.1. The van der Waals surface area contributed by atoms with Gasteiger partial charge < -0.3 is 14.4 Å². The number of ether oxygens (including phenoxy) is 2. The molecule has 0 aliphatic carbocycles. The van der Waals surface area contributed by atoms with E-state index in [0.29, 0.717) is 22.7 Å². The molecule has 0 radical (unpaired) electrons. The van der Waals surface area contributed by atoms with Gasteiger partial charge in [-0.3, -0.25) is 4.79 Å². The topological polar surface area (TPSA) is 56.6 Å². The van der Waals surface area contributed by atoms with Gasteiger partial charge in [-0.05, 0) is 6.07 Å². The van der Waals surface area contributed by atoms with Crippen LogP contribution < -0.4 is 19.9 Å². The summed E-state index contributed by atoms with van der Waals surface area (Å²) in [4.78, 5) is 13.8. The zero-order valence-corrected chi connectivity index (χ0v) is 13.0.